The molecule has 1 aromatic heterocycles. The fourth-order valence-corrected chi connectivity index (χ4v) is 6.15. The highest BCUT2D eigenvalue weighted by atomic mass is 35.5. The number of halogens is 6. The first-order chi connectivity index (χ1) is 18.0. The minimum atomic E-state index is -4.92. The molecule has 210 valence electrons. The first-order valence-electron chi connectivity index (χ1n) is 12.2. The SMILES string of the molecule is CCN(CC)C1CC(CN2C(=O)C(O)(c3ccc(Cl)cc3Cl)c3c2cc(-n2ncnn2)cc3C(F)(F)F)C1.Cl. The first-order valence-corrected chi connectivity index (χ1v) is 13.0. The predicted octanol–water partition coefficient (Wildman–Crippen LogP) is 5.11. The summed E-state index contributed by atoms with van der Waals surface area (Å²) in [6.45, 7) is 6.06. The molecule has 3 aromatic rings. The Kier molecular flexibility index (Phi) is 8.22. The van der Waals surface area contributed by atoms with E-state index in [0.717, 1.165) is 43.1 Å². The lowest BCUT2D eigenvalue weighted by molar-refractivity contribution is -0.142. The lowest BCUT2D eigenvalue weighted by atomic mass is 9.78. The van der Waals surface area contributed by atoms with Gasteiger partial charge in [0.1, 0.15) is 0 Å². The van der Waals surface area contributed by atoms with Crippen molar-refractivity contribution in [1.29, 1.82) is 0 Å². The molecule has 2 heterocycles. The molecule has 1 aliphatic heterocycles. The molecular formula is C25H26Cl3F3N6O2. The number of fused-ring (bicyclic) bond motifs is 1. The minimum Gasteiger partial charge on any atom is -0.372 e. The summed E-state index contributed by atoms with van der Waals surface area (Å²) >= 11 is 12.4. The molecule has 2 aliphatic rings. The largest absolute Gasteiger partial charge is 0.416 e. The van der Waals surface area contributed by atoms with E-state index in [9.17, 15) is 23.1 Å². The summed E-state index contributed by atoms with van der Waals surface area (Å²) in [5, 5.41) is 23.2. The molecule has 0 spiro atoms. The van der Waals surface area contributed by atoms with E-state index in [1.165, 1.54) is 29.2 Å². The van der Waals surface area contributed by atoms with E-state index in [4.69, 9.17) is 23.2 Å². The number of amides is 1. The van der Waals surface area contributed by atoms with E-state index in [0.29, 0.717) is 6.04 Å². The average molecular weight is 606 g/mol. The number of nitrogens with zero attached hydrogens (tertiary/aromatic N) is 6. The van der Waals surface area contributed by atoms with E-state index in [-0.39, 0.29) is 51.9 Å². The van der Waals surface area contributed by atoms with Gasteiger partial charge >= 0.3 is 6.18 Å². The summed E-state index contributed by atoms with van der Waals surface area (Å²) in [4.78, 5) is 18.4. The molecule has 0 saturated heterocycles. The molecule has 5 rings (SSSR count). The van der Waals surface area contributed by atoms with Crippen LogP contribution in [-0.4, -0.2) is 61.8 Å². The fraction of sp³-hybridized carbons (Fsp3) is 0.440. The Morgan fingerprint density at radius 1 is 1.15 bits per heavy atom. The number of rotatable bonds is 7. The summed E-state index contributed by atoms with van der Waals surface area (Å²) in [6.07, 6.45) is -2.25. The van der Waals surface area contributed by atoms with Gasteiger partial charge in [0, 0.05) is 33.8 Å². The van der Waals surface area contributed by atoms with Gasteiger partial charge in [-0.05, 0) is 61.3 Å². The van der Waals surface area contributed by atoms with E-state index in [1.807, 2.05) is 0 Å². The summed E-state index contributed by atoms with van der Waals surface area (Å²) in [7, 11) is 0. The second-order valence-corrected chi connectivity index (χ2v) is 10.4. The van der Waals surface area contributed by atoms with Crippen molar-refractivity contribution in [3.05, 3.63) is 63.4 Å². The Bertz CT molecular complexity index is 1360. The monoisotopic (exact) mass is 604 g/mol. The van der Waals surface area contributed by atoms with Crippen LogP contribution in [-0.2, 0) is 16.6 Å². The molecule has 1 N–H and O–H groups in total. The van der Waals surface area contributed by atoms with Crippen LogP contribution in [0.2, 0.25) is 10.0 Å². The highest BCUT2D eigenvalue weighted by molar-refractivity contribution is 6.35. The maximum atomic E-state index is 14.5. The summed E-state index contributed by atoms with van der Waals surface area (Å²) in [5.74, 6) is -0.861. The number of anilines is 1. The van der Waals surface area contributed by atoms with Gasteiger partial charge in [-0.3, -0.25) is 4.79 Å². The van der Waals surface area contributed by atoms with Crippen molar-refractivity contribution in [1.82, 2.24) is 25.1 Å². The zero-order chi connectivity index (χ0) is 27.4. The number of tetrazole rings is 1. The molecule has 1 amide bonds. The van der Waals surface area contributed by atoms with Crippen molar-refractivity contribution in [2.24, 2.45) is 5.92 Å². The van der Waals surface area contributed by atoms with E-state index in [2.05, 4.69) is 34.2 Å². The third-order valence-electron chi connectivity index (χ3n) is 7.50. The van der Waals surface area contributed by atoms with Gasteiger partial charge in [0.25, 0.3) is 5.91 Å². The Morgan fingerprint density at radius 3 is 2.41 bits per heavy atom. The van der Waals surface area contributed by atoms with Crippen LogP contribution in [0.4, 0.5) is 18.9 Å². The minimum absolute atomic E-state index is 0. The van der Waals surface area contributed by atoms with Gasteiger partial charge in [-0.2, -0.15) is 13.2 Å². The van der Waals surface area contributed by atoms with Crippen molar-refractivity contribution in [2.45, 2.75) is 44.5 Å². The molecule has 2 aromatic carbocycles. The van der Waals surface area contributed by atoms with Crippen LogP contribution in [0, 0.1) is 5.92 Å². The summed E-state index contributed by atoms with van der Waals surface area (Å²) in [6, 6.07) is 6.44. The van der Waals surface area contributed by atoms with Gasteiger partial charge in [-0.1, -0.05) is 43.1 Å². The number of carbonyl (C=O) groups excluding carboxylic acids is 1. The predicted molar refractivity (Wildman–Crippen MR) is 143 cm³/mol. The Hall–Kier alpha value is -2.44. The standard InChI is InChI=1S/C25H25Cl2F3N6O2.ClH/c1-3-34(4-2)16-7-14(8-16)12-35-21-11-17(36-32-13-31-33-36)10-19(25(28,29)30)22(21)24(38,23(35)37)18-6-5-15(26)9-20(18)27;/h5-6,9-11,13-14,16,38H,3-4,7-8,12H2,1-2H3;1H. The second-order valence-electron chi connectivity index (χ2n) is 9.57. The van der Waals surface area contributed by atoms with Crippen LogP contribution in [0.25, 0.3) is 5.69 Å². The van der Waals surface area contributed by atoms with Crippen LogP contribution >= 0.6 is 35.6 Å². The molecule has 1 aliphatic carbocycles. The Labute approximate surface area is 239 Å². The normalized spacial score (nSPS) is 22.6. The number of aromatic nitrogens is 4. The fourth-order valence-electron chi connectivity index (χ4n) is 5.60. The van der Waals surface area contributed by atoms with Gasteiger partial charge in [-0.15, -0.1) is 27.4 Å². The van der Waals surface area contributed by atoms with Crippen molar-refractivity contribution in [3.63, 3.8) is 0 Å². The molecule has 14 heteroatoms. The number of carbonyl (C=O) groups is 1. The zero-order valence-corrected chi connectivity index (χ0v) is 23.3. The molecule has 1 atom stereocenters. The van der Waals surface area contributed by atoms with Gasteiger partial charge in [0.2, 0.25) is 0 Å². The number of hydrogen-bond donors (Lipinski definition) is 1. The molecule has 0 radical (unpaired) electrons. The highest BCUT2D eigenvalue weighted by Gasteiger charge is 2.57. The second kappa shape index (κ2) is 10.9. The summed E-state index contributed by atoms with van der Waals surface area (Å²) < 4.78 is 43.6. The quantitative estimate of drug-likeness (QED) is 0.403. The van der Waals surface area contributed by atoms with Gasteiger partial charge in [0.05, 0.1) is 16.9 Å². The van der Waals surface area contributed by atoms with Crippen LogP contribution in [0.5, 0.6) is 0 Å². The third kappa shape index (κ3) is 4.99. The smallest absolute Gasteiger partial charge is 0.372 e. The molecule has 1 saturated carbocycles. The zero-order valence-electron chi connectivity index (χ0n) is 21.0. The lowest BCUT2D eigenvalue weighted by Gasteiger charge is -2.43. The van der Waals surface area contributed by atoms with E-state index >= 15 is 0 Å². The van der Waals surface area contributed by atoms with Crippen LogP contribution in [0.1, 0.15) is 43.4 Å². The average Bonchev–Trinajstić information content (AvgIpc) is 3.44. The molecule has 1 fully saturated rings. The molecule has 1 unspecified atom stereocenters. The highest BCUT2D eigenvalue weighted by Crippen LogP contribution is 2.53. The van der Waals surface area contributed by atoms with Crippen LogP contribution in [0.3, 0.4) is 0 Å². The topological polar surface area (TPSA) is 87.4 Å². The van der Waals surface area contributed by atoms with Gasteiger partial charge < -0.3 is 14.9 Å². The number of benzene rings is 2. The number of alkyl halides is 3. The Morgan fingerprint density at radius 2 is 1.85 bits per heavy atom. The maximum absolute atomic E-state index is 14.5. The molecular weight excluding hydrogens is 580 g/mol. The maximum Gasteiger partial charge on any atom is 0.416 e. The molecule has 39 heavy (non-hydrogen) atoms. The molecule has 0 bridgehead atoms. The molecule has 8 nitrogen and oxygen atoms in total. The Balaban J connectivity index is 0.00000353. The van der Waals surface area contributed by atoms with Crippen LogP contribution in [0.15, 0.2) is 36.7 Å². The van der Waals surface area contributed by atoms with Crippen molar-refractivity contribution < 1.29 is 23.1 Å². The van der Waals surface area contributed by atoms with E-state index in [1.54, 1.807) is 0 Å². The van der Waals surface area contributed by atoms with Crippen molar-refractivity contribution in [2.75, 3.05) is 24.5 Å². The van der Waals surface area contributed by atoms with Crippen LogP contribution < -0.4 is 4.90 Å². The first kappa shape index (κ1) is 29.5. The number of aliphatic hydroxyl groups is 1. The number of hydrogen-bond acceptors (Lipinski definition) is 6. The lowest BCUT2D eigenvalue weighted by Crippen LogP contribution is -2.50. The van der Waals surface area contributed by atoms with Crippen molar-refractivity contribution in [3.8, 4) is 5.69 Å². The van der Waals surface area contributed by atoms with E-state index < -0.39 is 28.8 Å². The third-order valence-corrected chi connectivity index (χ3v) is 8.04. The van der Waals surface area contributed by atoms with Gasteiger partial charge in [0.15, 0.2) is 11.9 Å². The van der Waals surface area contributed by atoms with Gasteiger partial charge in [-0.25, -0.2) is 0 Å². The summed E-state index contributed by atoms with van der Waals surface area (Å²) in [5.41, 5.74) is -4.75. The van der Waals surface area contributed by atoms with Crippen molar-refractivity contribution >= 4 is 47.2 Å².